The molecule has 0 saturated heterocycles. The van der Waals surface area contributed by atoms with Crippen molar-refractivity contribution in [1.29, 1.82) is 0 Å². The fourth-order valence-electron chi connectivity index (χ4n) is 1.64. The molecule has 0 spiro atoms. The molecular formula is C13H15ClN2. The van der Waals surface area contributed by atoms with E-state index in [1.54, 1.807) is 6.20 Å². The first-order valence-corrected chi connectivity index (χ1v) is 5.66. The first-order chi connectivity index (χ1) is 7.47. The number of pyridine rings is 1. The normalized spacial score (nSPS) is 11.8. The first kappa shape index (κ1) is 11.2. The average molecular weight is 235 g/mol. The number of benzene rings is 1. The minimum Gasteiger partial charge on any atom is -0.379 e. The number of hydrogen-bond donors (Lipinski definition) is 1. The van der Waals surface area contributed by atoms with Gasteiger partial charge in [0.2, 0.25) is 0 Å². The van der Waals surface area contributed by atoms with Crippen LogP contribution in [0.3, 0.4) is 0 Å². The van der Waals surface area contributed by atoms with Crippen LogP contribution in [-0.4, -0.2) is 10.5 Å². The molecule has 2 rings (SSSR count). The molecule has 0 saturated carbocycles. The zero-order valence-corrected chi connectivity index (χ0v) is 10.5. The maximum absolute atomic E-state index is 6.13. The van der Waals surface area contributed by atoms with Gasteiger partial charge in [0, 0.05) is 17.1 Å². The van der Waals surface area contributed by atoms with Gasteiger partial charge in [0.25, 0.3) is 0 Å². The van der Waals surface area contributed by atoms with E-state index >= 15 is 0 Å². The number of rotatable bonds is 1. The third-order valence-electron chi connectivity index (χ3n) is 2.23. The monoisotopic (exact) mass is 234 g/mol. The topological polar surface area (TPSA) is 24.9 Å². The summed E-state index contributed by atoms with van der Waals surface area (Å²) in [6, 6.07) is 7.76. The van der Waals surface area contributed by atoms with Crippen LogP contribution in [0.4, 0.5) is 5.69 Å². The van der Waals surface area contributed by atoms with E-state index < -0.39 is 0 Å². The molecule has 0 radical (unpaired) electrons. The Kier molecular flexibility index (Phi) is 2.76. The highest BCUT2D eigenvalue weighted by Crippen LogP contribution is 2.29. The lowest BCUT2D eigenvalue weighted by molar-refractivity contribution is 0.635. The van der Waals surface area contributed by atoms with Crippen molar-refractivity contribution in [2.45, 2.75) is 26.3 Å². The van der Waals surface area contributed by atoms with Crippen LogP contribution in [0.25, 0.3) is 10.9 Å². The third-order valence-corrected chi connectivity index (χ3v) is 2.56. The molecule has 0 bridgehead atoms. The lowest BCUT2D eigenvalue weighted by atomic mass is 10.1. The van der Waals surface area contributed by atoms with Crippen molar-refractivity contribution < 1.29 is 0 Å². The predicted octanol–water partition coefficient (Wildman–Crippen LogP) is 4.10. The molecule has 16 heavy (non-hydrogen) atoms. The number of hydrogen-bond acceptors (Lipinski definition) is 2. The van der Waals surface area contributed by atoms with E-state index in [1.165, 1.54) is 0 Å². The number of nitrogens with zero attached hydrogens (tertiary/aromatic N) is 1. The standard InChI is InChI=1S/C13H15ClN2/c1-13(2,3)16-11-7-6-10(14)9-5-4-8-15-12(9)11/h4-8,16H,1-3H3. The number of nitrogens with one attached hydrogen (secondary N) is 1. The Morgan fingerprint density at radius 1 is 1.19 bits per heavy atom. The Morgan fingerprint density at radius 3 is 2.62 bits per heavy atom. The molecule has 1 heterocycles. The maximum atomic E-state index is 6.13. The van der Waals surface area contributed by atoms with Crippen molar-refractivity contribution in [1.82, 2.24) is 4.98 Å². The van der Waals surface area contributed by atoms with E-state index in [1.807, 2.05) is 24.3 Å². The second-order valence-electron chi connectivity index (χ2n) is 4.87. The van der Waals surface area contributed by atoms with Gasteiger partial charge >= 0.3 is 0 Å². The number of halogens is 1. The summed E-state index contributed by atoms with van der Waals surface area (Å²) in [6.45, 7) is 6.36. The van der Waals surface area contributed by atoms with Crippen molar-refractivity contribution in [3.05, 3.63) is 35.5 Å². The Labute approximate surface area is 101 Å². The summed E-state index contributed by atoms with van der Waals surface area (Å²) < 4.78 is 0. The summed E-state index contributed by atoms with van der Waals surface area (Å²) in [5, 5.41) is 5.15. The number of fused-ring (bicyclic) bond motifs is 1. The van der Waals surface area contributed by atoms with Gasteiger partial charge in [-0.05, 0) is 45.0 Å². The van der Waals surface area contributed by atoms with E-state index in [0.29, 0.717) is 0 Å². The molecule has 0 aliphatic heterocycles. The van der Waals surface area contributed by atoms with Gasteiger partial charge in [0.1, 0.15) is 0 Å². The Balaban J connectivity index is 2.59. The van der Waals surface area contributed by atoms with Gasteiger partial charge in [-0.15, -0.1) is 0 Å². The minimum atomic E-state index is 0.0122. The number of anilines is 1. The van der Waals surface area contributed by atoms with E-state index in [9.17, 15) is 0 Å². The maximum Gasteiger partial charge on any atom is 0.0948 e. The molecule has 2 nitrogen and oxygen atoms in total. The number of aromatic nitrogens is 1. The predicted molar refractivity (Wildman–Crippen MR) is 70.1 cm³/mol. The molecule has 84 valence electrons. The summed E-state index contributed by atoms with van der Waals surface area (Å²) in [7, 11) is 0. The Bertz CT molecular complexity index is 515. The van der Waals surface area contributed by atoms with Gasteiger partial charge < -0.3 is 5.32 Å². The molecule has 0 unspecified atom stereocenters. The van der Waals surface area contributed by atoms with Gasteiger partial charge in [-0.2, -0.15) is 0 Å². The molecule has 0 fully saturated rings. The van der Waals surface area contributed by atoms with Gasteiger partial charge in [0.05, 0.1) is 16.2 Å². The highest BCUT2D eigenvalue weighted by Gasteiger charge is 2.12. The van der Waals surface area contributed by atoms with Crippen molar-refractivity contribution >= 4 is 28.2 Å². The zero-order chi connectivity index (χ0) is 11.8. The first-order valence-electron chi connectivity index (χ1n) is 5.29. The molecule has 0 amide bonds. The zero-order valence-electron chi connectivity index (χ0n) is 9.71. The molecule has 1 N–H and O–H groups in total. The lowest BCUT2D eigenvalue weighted by Crippen LogP contribution is -2.26. The van der Waals surface area contributed by atoms with Crippen LogP contribution < -0.4 is 5.32 Å². The highest BCUT2D eigenvalue weighted by atomic mass is 35.5. The molecule has 1 aromatic carbocycles. The van der Waals surface area contributed by atoms with Crippen LogP contribution in [0.15, 0.2) is 30.5 Å². The fourth-order valence-corrected chi connectivity index (χ4v) is 1.86. The summed E-state index contributed by atoms with van der Waals surface area (Å²) in [6.07, 6.45) is 1.78. The second-order valence-corrected chi connectivity index (χ2v) is 5.28. The van der Waals surface area contributed by atoms with Gasteiger partial charge in [-0.1, -0.05) is 11.6 Å². The molecule has 1 aromatic heterocycles. The molecule has 2 aromatic rings. The molecule has 0 aliphatic carbocycles. The highest BCUT2D eigenvalue weighted by molar-refractivity contribution is 6.35. The molecule has 0 aliphatic rings. The van der Waals surface area contributed by atoms with Crippen molar-refractivity contribution in [3.8, 4) is 0 Å². The van der Waals surface area contributed by atoms with Crippen LogP contribution in [-0.2, 0) is 0 Å². The van der Waals surface area contributed by atoms with Gasteiger partial charge in [0.15, 0.2) is 0 Å². The minimum absolute atomic E-state index is 0.0122. The average Bonchev–Trinajstić information content (AvgIpc) is 2.21. The quantitative estimate of drug-likeness (QED) is 0.804. The van der Waals surface area contributed by atoms with Crippen LogP contribution >= 0.6 is 11.6 Å². The summed E-state index contributed by atoms with van der Waals surface area (Å²) in [5.41, 5.74) is 1.95. The Morgan fingerprint density at radius 2 is 1.94 bits per heavy atom. The van der Waals surface area contributed by atoms with Crippen LogP contribution in [0.1, 0.15) is 20.8 Å². The fraction of sp³-hybridized carbons (Fsp3) is 0.308. The lowest BCUT2D eigenvalue weighted by Gasteiger charge is -2.23. The largest absolute Gasteiger partial charge is 0.379 e. The van der Waals surface area contributed by atoms with Crippen molar-refractivity contribution in [2.24, 2.45) is 0 Å². The van der Waals surface area contributed by atoms with Crippen LogP contribution in [0.2, 0.25) is 5.02 Å². The summed E-state index contributed by atoms with van der Waals surface area (Å²) in [5.74, 6) is 0. The van der Waals surface area contributed by atoms with Crippen LogP contribution in [0, 0.1) is 0 Å². The Hall–Kier alpha value is -1.28. The molecule has 3 heteroatoms. The van der Waals surface area contributed by atoms with Crippen LogP contribution in [0.5, 0.6) is 0 Å². The van der Waals surface area contributed by atoms with Gasteiger partial charge in [-0.25, -0.2) is 0 Å². The smallest absolute Gasteiger partial charge is 0.0948 e. The van der Waals surface area contributed by atoms with Crippen molar-refractivity contribution in [3.63, 3.8) is 0 Å². The molecular weight excluding hydrogens is 220 g/mol. The van der Waals surface area contributed by atoms with E-state index in [2.05, 4.69) is 31.1 Å². The van der Waals surface area contributed by atoms with Gasteiger partial charge in [-0.3, -0.25) is 4.98 Å². The van der Waals surface area contributed by atoms with E-state index in [0.717, 1.165) is 21.6 Å². The van der Waals surface area contributed by atoms with E-state index in [-0.39, 0.29) is 5.54 Å². The third kappa shape index (κ3) is 2.27. The SMILES string of the molecule is CC(C)(C)Nc1ccc(Cl)c2cccnc12. The second kappa shape index (κ2) is 3.95. The summed E-state index contributed by atoms with van der Waals surface area (Å²) in [4.78, 5) is 4.38. The molecule has 0 atom stereocenters. The summed E-state index contributed by atoms with van der Waals surface area (Å²) >= 11 is 6.13. The van der Waals surface area contributed by atoms with E-state index in [4.69, 9.17) is 11.6 Å². The van der Waals surface area contributed by atoms with Crippen molar-refractivity contribution in [2.75, 3.05) is 5.32 Å².